The van der Waals surface area contributed by atoms with Crippen molar-refractivity contribution in [3.05, 3.63) is 34.3 Å². The molecule has 0 bridgehead atoms. The lowest BCUT2D eigenvalue weighted by Crippen LogP contribution is -2.42. The molecule has 1 aliphatic rings. The summed E-state index contributed by atoms with van der Waals surface area (Å²) in [6.45, 7) is 3.51. The Morgan fingerprint density at radius 1 is 1.47 bits per heavy atom. The summed E-state index contributed by atoms with van der Waals surface area (Å²) in [5.41, 5.74) is 2.53. The van der Waals surface area contributed by atoms with Gasteiger partial charge in [-0.1, -0.05) is 17.7 Å². The van der Waals surface area contributed by atoms with Gasteiger partial charge in [0.15, 0.2) is 0 Å². The minimum Gasteiger partial charge on any atom is -0.468 e. The first-order valence-corrected chi connectivity index (χ1v) is 6.09. The molecular weight excluding hydrogens is 238 g/mol. The molecule has 92 valence electrons. The summed E-state index contributed by atoms with van der Waals surface area (Å²) in [6, 6.07) is 5.76. The first-order valence-electron chi connectivity index (χ1n) is 5.71. The van der Waals surface area contributed by atoms with Crippen molar-refractivity contribution >= 4 is 17.6 Å². The van der Waals surface area contributed by atoms with E-state index in [9.17, 15) is 4.79 Å². The van der Waals surface area contributed by atoms with Crippen LogP contribution in [0.15, 0.2) is 18.2 Å². The number of fused-ring (bicyclic) bond motifs is 1. The minimum atomic E-state index is -0.202. The summed E-state index contributed by atoms with van der Waals surface area (Å²) >= 11 is 5.98. The molecule has 1 aliphatic heterocycles. The maximum Gasteiger partial charge on any atom is 0.322 e. The molecule has 0 aromatic heterocycles. The molecule has 17 heavy (non-hydrogen) atoms. The molecule has 0 radical (unpaired) electrons. The maximum absolute atomic E-state index is 11.5. The van der Waals surface area contributed by atoms with Crippen LogP contribution in [0.25, 0.3) is 0 Å². The quantitative estimate of drug-likeness (QED) is 0.758. The number of halogens is 1. The zero-order chi connectivity index (χ0) is 12.4. The number of carbonyl (C=O) groups excluding carboxylic acids is 1. The largest absolute Gasteiger partial charge is 0.468 e. The van der Waals surface area contributed by atoms with Gasteiger partial charge >= 0.3 is 5.97 Å². The number of hydrogen-bond acceptors (Lipinski definition) is 3. The van der Waals surface area contributed by atoms with Crippen molar-refractivity contribution in [1.29, 1.82) is 0 Å². The van der Waals surface area contributed by atoms with E-state index in [2.05, 4.69) is 11.0 Å². The van der Waals surface area contributed by atoms with Crippen LogP contribution < -0.4 is 0 Å². The van der Waals surface area contributed by atoms with E-state index in [1.807, 2.05) is 19.1 Å². The maximum atomic E-state index is 11.5. The highest BCUT2D eigenvalue weighted by molar-refractivity contribution is 6.30. The van der Waals surface area contributed by atoms with Gasteiger partial charge in [0.25, 0.3) is 0 Å². The number of esters is 1. The van der Waals surface area contributed by atoms with Crippen LogP contribution in [0.5, 0.6) is 0 Å². The van der Waals surface area contributed by atoms with Crippen LogP contribution in [0, 0.1) is 0 Å². The smallest absolute Gasteiger partial charge is 0.322 e. The van der Waals surface area contributed by atoms with E-state index in [1.165, 1.54) is 18.2 Å². The fourth-order valence-electron chi connectivity index (χ4n) is 2.20. The highest BCUT2D eigenvalue weighted by Crippen LogP contribution is 2.23. The Kier molecular flexibility index (Phi) is 3.69. The predicted molar refractivity (Wildman–Crippen MR) is 67.0 cm³/mol. The molecule has 1 heterocycles. The van der Waals surface area contributed by atoms with E-state index in [4.69, 9.17) is 16.3 Å². The van der Waals surface area contributed by atoms with E-state index in [-0.39, 0.29) is 12.0 Å². The molecule has 0 amide bonds. The molecule has 1 aromatic carbocycles. The van der Waals surface area contributed by atoms with Crippen LogP contribution in [-0.4, -0.2) is 30.6 Å². The van der Waals surface area contributed by atoms with Crippen molar-refractivity contribution in [2.75, 3.05) is 13.7 Å². The Bertz CT molecular complexity index is 433. The van der Waals surface area contributed by atoms with Crippen molar-refractivity contribution in [2.45, 2.75) is 25.9 Å². The molecule has 0 aliphatic carbocycles. The van der Waals surface area contributed by atoms with E-state index < -0.39 is 0 Å². The second-order valence-electron chi connectivity index (χ2n) is 4.33. The Balaban J connectivity index is 2.15. The minimum absolute atomic E-state index is 0.185. The molecule has 0 N–H and O–H groups in total. The lowest BCUT2D eigenvalue weighted by atomic mass is 9.99. The van der Waals surface area contributed by atoms with Crippen molar-refractivity contribution in [3.8, 4) is 0 Å². The molecule has 0 saturated carbocycles. The summed E-state index contributed by atoms with van der Waals surface area (Å²) in [7, 11) is 1.42. The monoisotopic (exact) mass is 253 g/mol. The van der Waals surface area contributed by atoms with Gasteiger partial charge in [-0.15, -0.1) is 0 Å². The zero-order valence-corrected chi connectivity index (χ0v) is 10.8. The first kappa shape index (κ1) is 12.4. The Labute approximate surface area is 106 Å². The van der Waals surface area contributed by atoms with Gasteiger partial charge in [-0.25, -0.2) is 0 Å². The first-order chi connectivity index (χ1) is 8.11. The highest BCUT2D eigenvalue weighted by atomic mass is 35.5. The fourth-order valence-corrected chi connectivity index (χ4v) is 2.39. The number of hydrogen-bond donors (Lipinski definition) is 0. The van der Waals surface area contributed by atoms with Crippen LogP contribution >= 0.6 is 11.6 Å². The number of methoxy groups -OCH3 is 1. The standard InChI is InChI=1S/C13H16ClNO2/c1-9(13(16)17-2)15-6-5-10-3-4-12(14)7-11(10)8-15/h3-4,7,9H,5-6,8H2,1-2H3. The second kappa shape index (κ2) is 5.07. The Hall–Kier alpha value is -1.06. The normalized spacial score (nSPS) is 17.4. The van der Waals surface area contributed by atoms with E-state index in [1.54, 1.807) is 0 Å². The lowest BCUT2D eigenvalue weighted by Gasteiger charge is -2.32. The SMILES string of the molecule is COC(=O)C(C)N1CCc2ccc(Cl)cc2C1. The average Bonchev–Trinajstić information content (AvgIpc) is 2.36. The molecule has 1 unspecified atom stereocenters. The van der Waals surface area contributed by atoms with E-state index in [0.717, 1.165) is 24.5 Å². The van der Waals surface area contributed by atoms with Crippen LogP contribution in [0.1, 0.15) is 18.1 Å². The predicted octanol–water partition coefficient (Wildman–Crippen LogP) is 2.26. The van der Waals surface area contributed by atoms with E-state index in [0.29, 0.717) is 0 Å². The summed E-state index contributed by atoms with van der Waals surface area (Å²) in [6.07, 6.45) is 0.952. The number of carbonyl (C=O) groups is 1. The van der Waals surface area contributed by atoms with Crippen molar-refractivity contribution in [3.63, 3.8) is 0 Å². The molecule has 1 aromatic rings. The molecule has 0 saturated heterocycles. The van der Waals surface area contributed by atoms with Gasteiger partial charge in [0.05, 0.1) is 7.11 Å². The summed E-state index contributed by atoms with van der Waals surface area (Å²) in [4.78, 5) is 13.6. The van der Waals surface area contributed by atoms with Crippen LogP contribution in [0.2, 0.25) is 5.02 Å². The summed E-state index contributed by atoms with van der Waals surface area (Å²) in [5, 5.41) is 0.747. The van der Waals surface area contributed by atoms with Crippen molar-refractivity contribution < 1.29 is 9.53 Å². The van der Waals surface area contributed by atoms with Gasteiger partial charge in [-0.2, -0.15) is 0 Å². The van der Waals surface area contributed by atoms with Crippen LogP contribution in [0.4, 0.5) is 0 Å². The lowest BCUT2D eigenvalue weighted by molar-refractivity contribution is -0.146. The number of ether oxygens (including phenoxy) is 1. The third-order valence-corrected chi connectivity index (χ3v) is 3.54. The Morgan fingerprint density at radius 2 is 2.24 bits per heavy atom. The molecular formula is C13H16ClNO2. The topological polar surface area (TPSA) is 29.5 Å². The number of benzene rings is 1. The number of nitrogens with zero attached hydrogens (tertiary/aromatic N) is 1. The van der Waals surface area contributed by atoms with Crippen LogP contribution in [0.3, 0.4) is 0 Å². The highest BCUT2D eigenvalue weighted by Gasteiger charge is 2.25. The molecule has 4 heteroatoms. The molecule has 0 fully saturated rings. The fraction of sp³-hybridized carbons (Fsp3) is 0.462. The van der Waals surface area contributed by atoms with Crippen LogP contribution in [-0.2, 0) is 22.5 Å². The molecule has 1 atom stereocenters. The van der Waals surface area contributed by atoms with Gasteiger partial charge in [-0.3, -0.25) is 9.69 Å². The Morgan fingerprint density at radius 3 is 2.94 bits per heavy atom. The van der Waals surface area contributed by atoms with E-state index >= 15 is 0 Å². The molecule has 3 nitrogen and oxygen atoms in total. The summed E-state index contributed by atoms with van der Waals surface area (Å²) in [5.74, 6) is -0.185. The summed E-state index contributed by atoms with van der Waals surface area (Å²) < 4.78 is 4.77. The zero-order valence-electron chi connectivity index (χ0n) is 10.1. The molecule has 0 spiro atoms. The average molecular weight is 254 g/mol. The van der Waals surface area contributed by atoms with Gasteiger partial charge in [0.1, 0.15) is 6.04 Å². The van der Waals surface area contributed by atoms with Gasteiger partial charge < -0.3 is 4.74 Å². The van der Waals surface area contributed by atoms with Gasteiger partial charge in [-0.05, 0) is 36.6 Å². The third-order valence-electron chi connectivity index (χ3n) is 3.30. The third kappa shape index (κ3) is 2.61. The molecule has 2 rings (SSSR count). The van der Waals surface area contributed by atoms with Gasteiger partial charge in [0, 0.05) is 18.1 Å². The number of rotatable bonds is 2. The van der Waals surface area contributed by atoms with Gasteiger partial charge in [0.2, 0.25) is 0 Å². The second-order valence-corrected chi connectivity index (χ2v) is 4.77. The van der Waals surface area contributed by atoms with Crippen molar-refractivity contribution in [1.82, 2.24) is 4.90 Å². The van der Waals surface area contributed by atoms with Crippen molar-refractivity contribution in [2.24, 2.45) is 0 Å².